The molecular weight excluding hydrogens is 462 g/mol. The molecule has 1 fully saturated rings. The number of hydrogen-bond acceptors (Lipinski definition) is 7. The minimum atomic E-state index is -2.75. The monoisotopic (exact) mass is 495 g/mol. The number of nitrogens with zero attached hydrogens (tertiary/aromatic N) is 3. The molecule has 0 aliphatic carbocycles. The molecule has 8 heteroatoms. The zero-order chi connectivity index (χ0) is 24.3. The van der Waals surface area contributed by atoms with E-state index in [-0.39, 0.29) is 23.0 Å². The van der Waals surface area contributed by atoms with Gasteiger partial charge in [0, 0.05) is 13.1 Å². The van der Waals surface area contributed by atoms with Crippen molar-refractivity contribution in [1.29, 1.82) is 0 Å². The minimum Gasteiger partial charge on any atom is -0.469 e. The van der Waals surface area contributed by atoms with Gasteiger partial charge in [-0.25, -0.2) is 0 Å². The summed E-state index contributed by atoms with van der Waals surface area (Å²) in [5, 5.41) is 12.6. The van der Waals surface area contributed by atoms with Crippen molar-refractivity contribution in [3.8, 4) is 0 Å². The van der Waals surface area contributed by atoms with Gasteiger partial charge in [0.1, 0.15) is 5.01 Å². The summed E-state index contributed by atoms with van der Waals surface area (Å²) in [5.74, 6) is -0.492. The second kappa shape index (κ2) is 9.97. The number of ether oxygens (including phenoxy) is 1. The van der Waals surface area contributed by atoms with Crippen molar-refractivity contribution in [2.75, 3.05) is 25.1 Å². The Kier molecular flexibility index (Phi) is 7.21. The van der Waals surface area contributed by atoms with Crippen LogP contribution in [-0.4, -0.2) is 50.8 Å². The van der Waals surface area contributed by atoms with Gasteiger partial charge in [-0.2, -0.15) is 0 Å². The zero-order valence-corrected chi connectivity index (χ0v) is 22.3. The van der Waals surface area contributed by atoms with E-state index in [0.29, 0.717) is 19.5 Å². The van der Waals surface area contributed by atoms with E-state index in [0.717, 1.165) is 10.1 Å². The smallest absolute Gasteiger partial charge is 0.310 e. The summed E-state index contributed by atoms with van der Waals surface area (Å²) >= 11 is 1.54. The molecular formula is C26H33N3O3SSi. The largest absolute Gasteiger partial charge is 0.469 e. The number of aromatic nitrogens is 2. The number of rotatable bonds is 6. The van der Waals surface area contributed by atoms with Crippen LogP contribution in [0, 0.1) is 12.8 Å². The average Bonchev–Trinajstić information content (AvgIpc) is 3.28. The number of esters is 1. The van der Waals surface area contributed by atoms with Crippen molar-refractivity contribution in [2.45, 2.75) is 45.3 Å². The molecule has 6 nitrogen and oxygen atoms in total. The molecule has 1 aliphatic heterocycles. The van der Waals surface area contributed by atoms with Crippen LogP contribution in [0.5, 0.6) is 0 Å². The lowest BCUT2D eigenvalue weighted by atomic mass is 9.96. The number of anilines is 1. The summed E-state index contributed by atoms with van der Waals surface area (Å²) in [5.41, 5.74) is 0. The van der Waals surface area contributed by atoms with Gasteiger partial charge in [-0.15, -0.1) is 10.2 Å². The van der Waals surface area contributed by atoms with Gasteiger partial charge in [0.15, 0.2) is 0 Å². The van der Waals surface area contributed by atoms with E-state index in [1.165, 1.54) is 17.5 Å². The molecule has 4 rings (SSSR count). The van der Waals surface area contributed by atoms with Crippen LogP contribution in [0.1, 0.15) is 32.2 Å². The molecule has 1 aromatic heterocycles. The summed E-state index contributed by atoms with van der Waals surface area (Å²) in [6.45, 7) is 9.97. The highest BCUT2D eigenvalue weighted by molar-refractivity contribution is 7.15. The number of carbonyl (C=O) groups excluding carboxylic acids is 1. The molecule has 0 bridgehead atoms. The van der Waals surface area contributed by atoms with E-state index < -0.39 is 8.32 Å². The molecule has 0 saturated carbocycles. The fraction of sp³-hybridized carbons (Fsp3) is 0.423. The number of methoxy groups -OCH3 is 1. The van der Waals surface area contributed by atoms with Crippen LogP contribution in [0.2, 0.25) is 5.04 Å². The molecule has 0 radical (unpaired) electrons. The molecule has 2 heterocycles. The Morgan fingerprint density at radius 3 is 2.06 bits per heavy atom. The normalized spacial score (nSPS) is 19.1. The molecule has 2 atom stereocenters. The van der Waals surface area contributed by atoms with Crippen molar-refractivity contribution < 1.29 is 14.0 Å². The highest BCUT2D eigenvalue weighted by Gasteiger charge is 2.52. The SMILES string of the molecule is COC(=O)[C@H]1C[C@@H](O[Si](c2ccccc2)(c2ccccc2)C(C)(C)C)CN(c2nnc(C)s2)C1. The van der Waals surface area contributed by atoms with Gasteiger partial charge in [0.05, 0.1) is 19.1 Å². The Labute approximate surface area is 207 Å². The standard InChI is InChI=1S/C26H33N3O3SSi/c1-19-27-28-25(33-19)29-17-20(24(30)31-5)16-21(18-29)32-34(26(2,3)4,22-12-8-6-9-13-22)23-14-10-7-11-15-23/h6-15,20-21H,16-18H2,1-5H3/t20-,21+/m0/s1. The number of benzene rings is 2. The third-order valence-corrected chi connectivity index (χ3v) is 12.5. The molecule has 34 heavy (non-hydrogen) atoms. The summed E-state index contributed by atoms with van der Waals surface area (Å²) in [6, 6.07) is 21.2. The lowest BCUT2D eigenvalue weighted by molar-refractivity contribution is -0.146. The molecule has 0 amide bonds. The summed E-state index contributed by atoms with van der Waals surface area (Å²) < 4.78 is 12.5. The third kappa shape index (κ3) is 4.80. The third-order valence-electron chi connectivity index (χ3n) is 6.49. The van der Waals surface area contributed by atoms with Crippen molar-refractivity contribution in [1.82, 2.24) is 10.2 Å². The quantitative estimate of drug-likeness (QED) is 0.383. The van der Waals surface area contributed by atoms with Crippen LogP contribution in [0.15, 0.2) is 60.7 Å². The van der Waals surface area contributed by atoms with Crippen molar-refractivity contribution in [2.24, 2.45) is 5.92 Å². The van der Waals surface area contributed by atoms with Crippen LogP contribution in [-0.2, 0) is 14.0 Å². The van der Waals surface area contributed by atoms with Crippen molar-refractivity contribution in [3.05, 3.63) is 65.7 Å². The predicted octanol–water partition coefficient (Wildman–Crippen LogP) is 3.79. The Morgan fingerprint density at radius 2 is 1.59 bits per heavy atom. The lowest BCUT2D eigenvalue weighted by Gasteiger charge is -2.47. The van der Waals surface area contributed by atoms with Gasteiger partial charge in [0.2, 0.25) is 5.13 Å². The van der Waals surface area contributed by atoms with E-state index in [1.807, 2.05) is 19.1 Å². The van der Waals surface area contributed by atoms with Gasteiger partial charge < -0.3 is 14.1 Å². The van der Waals surface area contributed by atoms with Crippen LogP contribution in [0.4, 0.5) is 5.13 Å². The average molecular weight is 496 g/mol. The lowest BCUT2D eigenvalue weighted by Crippen LogP contribution is -2.69. The molecule has 1 saturated heterocycles. The van der Waals surface area contributed by atoms with Crippen LogP contribution >= 0.6 is 11.3 Å². The maximum absolute atomic E-state index is 12.7. The Bertz CT molecular complexity index is 1060. The highest BCUT2D eigenvalue weighted by Crippen LogP contribution is 2.39. The Hall–Kier alpha value is -2.55. The fourth-order valence-electron chi connectivity index (χ4n) is 4.99. The van der Waals surface area contributed by atoms with Gasteiger partial charge in [-0.05, 0) is 28.8 Å². The van der Waals surface area contributed by atoms with Gasteiger partial charge in [0.25, 0.3) is 8.32 Å². The van der Waals surface area contributed by atoms with E-state index in [9.17, 15) is 4.79 Å². The van der Waals surface area contributed by atoms with Crippen molar-refractivity contribution >= 4 is 41.1 Å². The van der Waals surface area contributed by atoms with Gasteiger partial charge in [-0.3, -0.25) is 4.79 Å². The molecule has 2 aromatic carbocycles. The fourth-order valence-corrected chi connectivity index (χ4v) is 10.4. The second-order valence-corrected chi connectivity index (χ2v) is 15.3. The van der Waals surface area contributed by atoms with Crippen LogP contribution < -0.4 is 15.3 Å². The van der Waals surface area contributed by atoms with Crippen LogP contribution in [0.3, 0.4) is 0 Å². The second-order valence-electron chi connectivity index (χ2n) is 9.87. The molecule has 180 valence electrons. The summed E-state index contributed by atoms with van der Waals surface area (Å²) in [4.78, 5) is 14.8. The molecule has 0 spiro atoms. The highest BCUT2D eigenvalue weighted by atomic mass is 32.1. The first-order chi connectivity index (χ1) is 16.2. The number of carbonyl (C=O) groups is 1. The first-order valence-corrected chi connectivity index (χ1v) is 14.4. The van der Waals surface area contributed by atoms with Crippen LogP contribution in [0.25, 0.3) is 0 Å². The molecule has 3 aromatic rings. The zero-order valence-electron chi connectivity index (χ0n) is 20.5. The number of piperidine rings is 1. The maximum atomic E-state index is 12.7. The van der Waals surface area contributed by atoms with E-state index in [2.05, 4.69) is 84.4 Å². The topological polar surface area (TPSA) is 64.6 Å². The number of aryl methyl sites for hydroxylation is 1. The first-order valence-electron chi connectivity index (χ1n) is 11.7. The Morgan fingerprint density at radius 1 is 1.00 bits per heavy atom. The van der Waals surface area contributed by atoms with Crippen molar-refractivity contribution in [3.63, 3.8) is 0 Å². The first kappa shape index (κ1) is 24.6. The van der Waals surface area contributed by atoms with E-state index >= 15 is 0 Å². The van der Waals surface area contributed by atoms with Gasteiger partial charge in [-0.1, -0.05) is 92.8 Å². The Balaban J connectivity index is 1.78. The molecule has 0 N–H and O–H groups in total. The number of hydrogen-bond donors (Lipinski definition) is 0. The van der Waals surface area contributed by atoms with E-state index in [4.69, 9.17) is 9.16 Å². The molecule has 0 unspecified atom stereocenters. The minimum absolute atomic E-state index is 0.141. The maximum Gasteiger partial charge on any atom is 0.310 e. The summed E-state index contributed by atoms with van der Waals surface area (Å²) in [7, 11) is -1.30. The molecule has 1 aliphatic rings. The predicted molar refractivity (Wildman–Crippen MR) is 139 cm³/mol. The van der Waals surface area contributed by atoms with Gasteiger partial charge >= 0.3 is 5.97 Å². The van der Waals surface area contributed by atoms with E-state index in [1.54, 1.807) is 11.3 Å². The summed E-state index contributed by atoms with van der Waals surface area (Å²) in [6.07, 6.45) is 0.458.